The van der Waals surface area contributed by atoms with Gasteiger partial charge in [-0.05, 0) is 6.42 Å². The highest BCUT2D eigenvalue weighted by Gasteiger charge is 2.07. The van der Waals surface area contributed by atoms with Gasteiger partial charge < -0.3 is 10.0 Å². The summed E-state index contributed by atoms with van der Waals surface area (Å²) in [5, 5.41) is 8.25. The van der Waals surface area contributed by atoms with Gasteiger partial charge in [-0.2, -0.15) is 0 Å². The molecule has 15 heavy (non-hydrogen) atoms. The lowest BCUT2D eigenvalue weighted by Crippen LogP contribution is -2.38. The molecule has 0 saturated heterocycles. The van der Waals surface area contributed by atoms with E-state index in [0.717, 1.165) is 19.3 Å². The van der Waals surface area contributed by atoms with Crippen LogP contribution in [0.2, 0.25) is 0 Å². The minimum atomic E-state index is -1.12. The van der Waals surface area contributed by atoms with Gasteiger partial charge in [0.25, 0.3) is 0 Å². The summed E-state index contributed by atoms with van der Waals surface area (Å²) in [5.41, 5.74) is 2.05. The number of hydroxylamine groups is 1. The largest absolute Gasteiger partial charge is 0.479 e. The molecule has 0 saturated carbocycles. The maximum Gasteiger partial charge on any atom is 0.341 e. The van der Waals surface area contributed by atoms with Crippen molar-refractivity contribution in [1.29, 1.82) is 0 Å². The van der Waals surface area contributed by atoms with Gasteiger partial charge in [-0.15, -0.1) is 0 Å². The molecular formula is C9H18N2O4. The first kappa shape index (κ1) is 13.7. The molecule has 0 aliphatic heterocycles. The molecule has 0 bridgehead atoms. The van der Waals surface area contributed by atoms with Crippen molar-refractivity contribution < 1.29 is 19.5 Å². The third kappa shape index (κ3) is 7.75. The van der Waals surface area contributed by atoms with Crippen LogP contribution in [0.1, 0.15) is 26.2 Å². The monoisotopic (exact) mass is 218 g/mol. The molecule has 0 aromatic carbocycles. The zero-order valence-corrected chi connectivity index (χ0v) is 9.15. The molecule has 0 aromatic heterocycles. The fourth-order valence-electron chi connectivity index (χ4n) is 0.938. The van der Waals surface area contributed by atoms with Gasteiger partial charge in [0.15, 0.2) is 6.61 Å². The number of aliphatic carboxylic acids is 1. The Hall–Kier alpha value is -1.30. The fourth-order valence-corrected chi connectivity index (χ4v) is 0.938. The second kappa shape index (κ2) is 8.05. The number of carbonyl (C=O) groups excluding carboxylic acids is 1. The molecule has 0 heterocycles. The van der Waals surface area contributed by atoms with Crippen LogP contribution in [0, 0.1) is 0 Å². The number of hydrogen-bond acceptors (Lipinski definition) is 3. The van der Waals surface area contributed by atoms with Crippen molar-refractivity contribution in [2.24, 2.45) is 0 Å². The Labute approximate surface area is 89.2 Å². The Balaban J connectivity index is 3.55. The number of nitrogens with zero attached hydrogens (tertiary/aromatic N) is 1. The smallest absolute Gasteiger partial charge is 0.341 e. The van der Waals surface area contributed by atoms with Crippen LogP contribution in [0.15, 0.2) is 0 Å². The highest BCUT2D eigenvalue weighted by molar-refractivity contribution is 5.73. The number of carboxylic acid groups (broad SMARTS) is 1. The summed E-state index contributed by atoms with van der Waals surface area (Å²) in [6, 6.07) is -0.424. The first-order valence-electron chi connectivity index (χ1n) is 4.92. The van der Waals surface area contributed by atoms with E-state index in [1.165, 1.54) is 4.90 Å². The molecule has 2 N–H and O–H groups in total. The van der Waals surface area contributed by atoms with Crippen molar-refractivity contribution in [3.8, 4) is 0 Å². The van der Waals surface area contributed by atoms with Crippen LogP contribution in [-0.2, 0) is 9.63 Å². The normalized spacial score (nSPS) is 9.73. The highest BCUT2D eigenvalue weighted by atomic mass is 16.7. The number of urea groups is 1. The van der Waals surface area contributed by atoms with E-state index in [-0.39, 0.29) is 0 Å². The number of unbranched alkanes of at least 4 members (excludes halogenated alkanes) is 2. The third-order valence-corrected chi connectivity index (χ3v) is 1.80. The van der Waals surface area contributed by atoms with Crippen LogP contribution < -0.4 is 5.48 Å². The predicted octanol–water partition coefficient (Wildman–Crippen LogP) is 0.834. The SMILES string of the molecule is CCCCCN(C)C(=O)NOCC(=O)O. The number of amides is 2. The molecule has 0 atom stereocenters. The molecule has 88 valence electrons. The zero-order chi connectivity index (χ0) is 11.7. The van der Waals surface area contributed by atoms with Gasteiger partial charge in [0.05, 0.1) is 0 Å². The van der Waals surface area contributed by atoms with Gasteiger partial charge in [-0.3, -0.25) is 4.84 Å². The molecular weight excluding hydrogens is 200 g/mol. The van der Waals surface area contributed by atoms with E-state index < -0.39 is 18.6 Å². The Morgan fingerprint density at radius 3 is 2.60 bits per heavy atom. The van der Waals surface area contributed by atoms with Gasteiger partial charge in [0.1, 0.15) is 0 Å². The lowest BCUT2D eigenvalue weighted by molar-refractivity contribution is -0.144. The van der Waals surface area contributed by atoms with Crippen molar-refractivity contribution in [2.45, 2.75) is 26.2 Å². The summed E-state index contributed by atoms with van der Waals surface area (Å²) < 4.78 is 0. The molecule has 0 aromatic rings. The third-order valence-electron chi connectivity index (χ3n) is 1.80. The molecule has 0 aliphatic rings. The second-order valence-electron chi connectivity index (χ2n) is 3.22. The Kier molecular flexibility index (Phi) is 7.35. The average Bonchev–Trinajstić information content (AvgIpc) is 2.17. The van der Waals surface area contributed by atoms with Crippen molar-refractivity contribution in [3.63, 3.8) is 0 Å². The molecule has 6 nitrogen and oxygen atoms in total. The number of carboxylic acids is 1. The molecule has 6 heteroatoms. The minimum absolute atomic E-state index is 0.424. The van der Waals surface area contributed by atoms with Crippen LogP contribution in [0.4, 0.5) is 4.79 Å². The Bertz CT molecular complexity index is 208. The highest BCUT2D eigenvalue weighted by Crippen LogP contribution is 1.96. The van der Waals surface area contributed by atoms with Gasteiger partial charge in [0, 0.05) is 13.6 Å². The summed E-state index contributed by atoms with van der Waals surface area (Å²) in [6.07, 6.45) is 3.08. The van der Waals surface area contributed by atoms with E-state index in [1.807, 2.05) is 5.48 Å². The first-order chi connectivity index (χ1) is 7.07. The molecule has 0 radical (unpaired) electrons. The minimum Gasteiger partial charge on any atom is -0.479 e. The maximum atomic E-state index is 11.2. The zero-order valence-electron chi connectivity index (χ0n) is 9.15. The maximum absolute atomic E-state index is 11.2. The van der Waals surface area contributed by atoms with Gasteiger partial charge >= 0.3 is 12.0 Å². The van der Waals surface area contributed by atoms with Crippen LogP contribution >= 0.6 is 0 Å². The summed E-state index contributed by atoms with van der Waals surface area (Å²) >= 11 is 0. The average molecular weight is 218 g/mol. The van der Waals surface area contributed by atoms with Crippen LogP contribution in [0.3, 0.4) is 0 Å². The molecule has 0 unspecified atom stereocenters. The topological polar surface area (TPSA) is 78.9 Å². The summed E-state index contributed by atoms with van der Waals surface area (Å²) in [5.74, 6) is -1.12. The lowest BCUT2D eigenvalue weighted by Gasteiger charge is -2.16. The van der Waals surface area contributed by atoms with E-state index in [1.54, 1.807) is 7.05 Å². The Morgan fingerprint density at radius 2 is 2.07 bits per heavy atom. The lowest BCUT2D eigenvalue weighted by atomic mass is 10.2. The molecule has 0 spiro atoms. The van der Waals surface area contributed by atoms with Gasteiger partial charge in [0.2, 0.25) is 0 Å². The molecule has 0 fully saturated rings. The number of hydrogen-bond donors (Lipinski definition) is 2. The van der Waals surface area contributed by atoms with Gasteiger partial charge in [-0.25, -0.2) is 15.1 Å². The fraction of sp³-hybridized carbons (Fsp3) is 0.778. The van der Waals surface area contributed by atoms with E-state index in [4.69, 9.17) is 5.11 Å². The number of rotatable bonds is 7. The number of carbonyl (C=O) groups is 2. The van der Waals surface area contributed by atoms with E-state index >= 15 is 0 Å². The van der Waals surface area contributed by atoms with Crippen molar-refractivity contribution in [2.75, 3.05) is 20.2 Å². The summed E-state index contributed by atoms with van der Waals surface area (Å²) in [7, 11) is 1.63. The van der Waals surface area contributed by atoms with E-state index in [0.29, 0.717) is 6.54 Å². The quantitative estimate of drug-likeness (QED) is 0.490. The van der Waals surface area contributed by atoms with Crippen molar-refractivity contribution >= 4 is 12.0 Å². The van der Waals surface area contributed by atoms with Crippen LogP contribution in [0.25, 0.3) is 0 Å². The van der Waals surface area contributed by atoms with Crippen molar-refractivity contribution in [1.82, 2.24) is 10.4 Å². The predicted molar refractivity (Wildman–Crippen MR) is 54.3 cm³/mol. The van der Waals surface area contributed by atoms with Crippen molar-refractivity contribution in [3.05, 3.63) is 0 Å². The summed E-state index contributed by atoms with van der Waals surface area (Å²) in [6.45, 7) is 2.18. The molecule has 0 aliphatic carbocycles. The van der Waals surface area contributed by atoms with E-state index in [2.05, 4.69) is 11.8 Å². The summed E-state index contributed by atoms with van der Waals surface area (Å²) in [4.78, 5) is 27.2. The van der Waals surface area contributed by atoms with Crippen LogP contribution in [-0.4, -0.2) is 42.2 Å². The van der Waals surface area contributed by atoms with Crippen LogP contribution in [0.5, 0.6) is 0 Å². The number of nitrogens with one attached hydrogen (secondary N) is 1. The molecule has 0 rings (SSSR count). The van der Waals surface area contributed by atoms with E-state index in [9.17, 15) is 9.59 Å². The standard InChI is InChI=1S/C9H18N2O4/c1-3-4-5-6-11(2)9(14)10-15-7-8(12)13/h3-7H2,1-2H3,(H,10,14)(H,12,13). The molecule has 2 amide bonds. The second-order valence-corrected chi connectivity index (χ2v) is 3.22. The Morgan fingerprint density at radius 1 is 1.40 bits per heavy atom. The first-order valence-corrected chi connectivity index (χ1v) is 4.92. The van der Waals surface area contributed by atoms with Gasteiger partial charge in [-0.1, -0.05) is 19.8 Å².